The second kappa shape index (κ2) is 46.5. The number of carbonyl (C=O) groups is 1. The fourth-order valence-electron chi connectivity index (χ4n) is 9.67. The molecule has 394 valence electrons. The van der Waals surface area contributed by atoms with Crippen LogP contribution in [0.2, 0.25) is 0 Å². The number of nitrogens with one attached hydrogen (secondary N) is 1. The number of rotatable bonds is 50. The molecule has 0 saturated carbocycles. The Kier molecular flexibility index (Phi) is 44.5. The van der Waals surface area contributed by atoms with Crippen LogP contribution in [-0.2, 0) is 14.3 Å². The van der Waals surface area contributed by atoms with Gasteiger partial charge < -0.3 is 45.4 Å². The van der Waals surface area contributed by atoms with Gasteiger partial charge in [0.05, 0.1) is 25.4 Å². The highest BCUT2D eigenvalue weighted by molar-refractivity contribution is 5.76. The van der Waals surface area contributed by atoms with Gasteiger partial charge in [0.1, 0.15) is 30.5 Å². The molecule has 0 bridgehead atoms. The molecule has 0 spiro atoms. The second-order valence-corrected chi connectivity index (χ2v) is 20.6. The molecule has 0 aromatic rings. The minimum Gasteiger partial charge on any atom is -0.394 e. The largest absolute Gasteiger partial charge is 0.394 e. The summed E-state index contributed by atoms with van der Waals surface area (Å²) in [6, 6.07) is -0.985. The van der Waals surface area contributed by atoms with Gasteiger partial charge in [-0.2, -0.15) is 0 Å². The summed E-state index contributed by atoms with van der Waals surface area (Å²) in [6.07, 6.45) is 44.3. The van der Waals surface area contributed by atoms with Crippen molar-refractivity contribution >= 4 is 5.91 Å². The number of aliphatic hydroxyl groups is 6. The molecule has 0 aliphatic carbocycles. The zero-order valence-corrected chi connectivity index (χ0v) is 43.3. The highest BCUT2D eigenvalue weighted by Gasteiger charge is 2.44. The summed E-state index contributed by atoms with van der Waals surface area (Å²) < 4.78 is 11.2. The average molecular weight is 943 g/mol. The van der Waals surface area contributed by atoms with Gasteiger partial charge >= 0.3 is 0 Å². The first-order valence-corrected chi connectivity index (χ1v) is 28.8. The Morgan fingerprint density at radius 1 is 0.470 bits per heavy atom. The average Bonchev–Trinajstić information content (AvgIpc) is 3.32. The maximum Gasteiger partial charge on any atom is 0.220 e. The third-order valence-corrected chi connectivity index (χ3v) is 14.3. The van der Waals surface area contributed by atoms with Crippen molar-refractivity contribution in [3.63, 3.8) is 0 Å². The number of carbonyl (C=O) groups excluding carboxylic acids is 1. The van der Waals surface area contributed by atoms with Crippen LogP contribution in [0.1, 0.15) is 290 Å². The van der Waals surface area contributed by atoms with Crippen LogP contribution in [-0.4, -0.2) is 98.7 Å². The standard InChI is InChI=1S/C56H111NO9/c1-3-5-7-9-11-13-15-17-18-19-20-21-22-23-24-25-26-27-28-29-30-31-32-33-35-37-39-41-43-45-51(60)57-48(47-65-56-55(64)54(63)53(62)50(46-58)66-56)52(61)49(59)44-42-40-38-36-34-16-14-12-10-8-6-4-2/h48-50,52-56,58-59,61-64H,3-47H2,1-2H3,(H,57,60)/t48-,49+,50+,52-,53+,54?,55?,56+/m0/s1. The summed E-state index contributed by atoms with van der Waals surface area (Å²) in [5.74, 6) is -0.251. The molecule has 7 N–H and O–H groups in total. The lowest BCUT2D eigenvalue weighted by atomic mass is 9.98. The van der Waals surface area contributed by atoms with Crippen molar-refractivity contribution in [2.24, 2.45) is 0 Å². The molecule has 1 saturated heterocycles. The van der Waals surface area contributed by atoms with E-state index in [9.17, 15) is 35.4 Å². The van der Waals surface area contributed by atoms with Crippen molar-refractivity contribution in [1.29, 1.82) is 0 Å². The third-order valence-electron chi connectivity index (χ3n) is 14.3. The number of amides is 1. The first kappa shape index (κ1) is 63.2. The van der Waals surface area contributed by atoms with Crippen molar-refractivity contribution in [3.05, 3.63) is 0 Å². The van der Waals surface area contributed by atoms with Gasteiger partial charge in [-0.05, 0) is 12.8 Å². The maximum atomic E-state index is 13.1. The van der Waals surface area contributed by atoms with E-state index in [2.05, 4.69) is 19.2 Å². The lowest BCUT2D eigenvalue weighted by molar-refractivity contribution is -0.303. The molecule has 1 aliphatic heterocycles. The summed E-state index contributed by atoms with van der Waals surface area (Å²) in [4.78, 5) is 13.1. The zero-order valence-electron chi connectivity index (χ0n) is 43.3. The predicted octanol–water partition coefficient (Wildman–Crippen LogP) is 12.8. The monoisotopic (exact) mass is 942 g/mol. The Bertz CT molecular complexity index is 1020. The van der Waals surface area contributed by atoms with Crippen molar-refractivity contribution < 1.29 is 44.9 Å². The van der Waals surface area contributed by atoms with Crippen LogP contribution in [0.25, 0.3) is 0 Å². The summed E-state index contributed by atoms with van der Waals surface area (Å²) in [7, 11) is 0. The lowest BCUT2D eigenvalue weighted by Gasteiger charge is -2.40. The Labute approximate surface area is 407 Å². The van der Waals surface area contributed by atoms with E-state index < -0.39 is 55.6 Å². The topological polar surface area (TPSA) is 169 Å². The Balaban J connectivity index is 2.16. The maximum absolute atomic E-state index is 13.1. The normalized spacial score (nSPS) is 20.2. The van der Waals surface area contributed by atoms with E-state index in [1.54, 1.807) is 0 Å². The summed E-state index contributed by atoms with van der Waals surface area (Å²) in [5.41, 5.74) is 0. The molecule has 0 aromatic heterocycles. The van der Waals surface area contributed by atoms with E-state index in [1.165, 1.54) is 225 Å². The minimum atomic E-state index is -1.60. The highest BCUT2D eigenvalue weighted by Crippen LogP contribution is 2.24. The number of aliphatic hydroxyl groups excluding tert-OH is 6. The lowest BCUT2D eigenvalue weighted by Crippen LogP contribution is -2.60. The van der Waals surface area contributed by atoms with Crippen molar-refractivity contribution in [2.75, 3.05) is 13.2 Å². The molecule has 8 atom stereocenters. The van der Waals surface area contributed by atoms with Gasteiger partial charge in [-0.1, -0.05) is 271 Å². The van der Waals surface area contributed by atoms with Crippen LogP contribution < -0.4 is 5.32 Å². The van der Waals surface area contributed by atoms with E-state index in [0.29, 0.717) is 6.42 Å². The van der Waals surface area contributed by atoms with Crippen LogP contribution >= 0.6 is 0 Å². The van der Waals surface area contributed by atoms with E-state index in [1.807, 2.05) is 0 Å². The zero-order chi connectivity index (χ0) is 48.1. The van der Waals surface area contributed by atoms with Gasteiger partial charge in [0, 0.05) is 6.42 Å². The van der Waals surface area contributed by atoms with E-state index in [-0.39, 0.29) is 18.9 Å². The minimum absolute atomic E-state index is 0.251. The quantitative estimate of drug-likeness (QED) is 0.0294. The van der Waals surface area contributed by atoms with Crippen LogP contribution in [0.15, 0.2) is 0 Å². The third kappa shape index (κ3) is 35.3. The van der Waals surface area contributed by atoms with Gasteiger partial charge in [-0.3, -0.25) is 4.79 Å². The molecular formula is C56H111NO9. The number of hydrogen-bond acceptors (Lipinski definition) is 9. The molecule has 1 amide bonds. The molecule has 66 heavy (non-hydrogen) atoms. The molecule has 1 aliphatic rings. The molecule has 10 heteroatoms. The Morgan fingerprint density at radius 2 is 0.788 bits per heavy atom. The van der Waals surface area contributed by atoms with Crippen LogP contribution in [0.5, 0.6) is 0 Å². The summed E-state index contributed by atoms with van der Waals surface area (Å²) in [6.45, 7) is 3.64. The fourth-order valence-corrected chi connectivity index (χ4v) is 9.67. The van der Waals surface area contributed by atoms with Crippen LogP contribution in [0.3, 0.4) is 0 Å². The number of hydrogen-bond donors (Lipinski definition) is 7. The summed E-state index contributed by atoms with van der Waals surface area (Å²) in [5, 5.41) is 65.4. The molecule has 2 unspecified atom stereocenters. The van der Waals surface area contributed by atoms with Crippen molar-refractivity contribution in [1.82, 2.24) is 5.32 Å². The molecular weight excluding hydrogens is 831 g/mol. The Hall–Kier alpha value is -0.850. The smallest absolute Gasteiger partial charge is 0.220 e. The molecule has 10 nitrogen and oxygen atoms in total. The molecule has 0 radical (unpaired) electrons. The molecule has 0 aromatic carbocycles. The van der Waals surface area contributed by atoms with Gasteiger partial charge in [0.25, 0.3) is 0 Å². The highest BCUT2D eigenvalue weighted by atomic mass is 16.7. The summed E-state index contributed by atoms with van der Waals surface area (Å²) >= 11 is 0. The van der Waals surface area contributed by atoms with Crippen LogP contribution in [0.4, 0.5) is 0 Å². The molecule has 1 fully saturated rings. The van der Waals surface area contributed by atoms with Gasteiger partial charge in [0.15, 0.2) is 6.29 Å². The van der Waals surface area contributed by atoms with E-state index in [0.717, 1.165) is 38.5 Å². The van der Waals surface area contributed by atoms with Gasteiger partial charge in [-0.15, -0.1) is 0 Å². The molecule has 1 heterocycles. The van der Waals surface area contributed by atoms with E-state index in [4.69, 9.17) is 9.47 Å². The SMILES string of the molecule is CCCCCCCCCCCCCCCCCCCCCCCCCCCCCCCC(=O)N[C@@H](CO[C@@H]1O[C@H](CO)[C@@H](O)C(O)C1O)[C@H](O)[C@H](O)CCCCCCCCCCCCCC. The molecule has 1 rings (SSSR count). The van der Waals surface area contributed by atoms with Gasteiger partial charge in [-0.25, -0.2) is 0 Å². The van der Waals surface area contributed by atoms with Crippen molar-refractivity contribution in [2.45, 2.75) is 339 Å². The number of ether oxygens (including phenoxy) is 2. The van der Waals surface area contributed by atoms with Gasteiger partial charge in [0.2, 0.25) is 5.91 Å². The first-order chi connectivity index (χ1) is 32.3. The van der Waals surface area contributed by atoms with E-state index >= 15 is 0 Å². The predicted molar refractivity (Wildman–Crippen MR) is 274 cm³/mol. The number of unbranched alkanes of at least 4 members (excludes halogenated alkanes) is 39. The fraction of sp³-hybridized carbons (Fsp3) is 0.982. The second-order valence-electron chi connectivity index (χ2n) is 20.6. The van der Waals surface area contributed by atoms with Crippen LogP contribution in [0, 0.1) is 0 Å². The van der Waals surface area contributed by atoms with Crippen molar-refractivity contribution in [3.8, 4) is 0 Å². The Morgan fingerprint density at radius 3 is 1.12 bits per heavy atom. The first-order valence-electron chi connectivity index (χ1n) is 28.8.